The van der Waals surface area contributed by atoms with Gasteiger partial charge in [-0.25, -0.2) is 0 Å². The molecule has 1 N–H and O–H groups in total. The minimum Gasteiger partial charge on any atom is -0.484 e. The number of hydrogen-bond acceptors (Lipinski definition) is 3. The van der Waals surface area contributed by atoms with Gasteiger partial charge in [0, 0.05) is 19.5 Å². The Kier molecular flexibility index (Phi) is 9.91. The molecule has 3 rings (SSSR count). The first-order chi connectivity index (χ1) is 17.0. The molecule has 0 aromatic heterocycles. The van der Waals surface area contributed by atoms with E-state index in [-0.39, 0.29) is 18.4 Å². The van der Waals surface area contributed by atoms with Crippen LogP contribution in [0.25, 0.3) is 0 Å². The Labute approximate surface area is 209 Å². The third-order valence-electron chi connectivity index (χ3n) is 6.12. The van der Waals surface area contributed by atoms with Crippen LogP contribution in [0, 0.1) is 6.92 Å². The molecule has 5 heteroatoms. The lowest BCUT2D eigenvalue weighted by molar-refractivity contribution is -0.142. The first kappa shape index (κ1) is 26.0. The van der Waals surface area contributed by atoms with Gasteiger partial charge in [0.15, 0.2) is 6.61 Å². The van der Waals surface area contributed by atoms with Gasteiger partial charge in [0.1, 0.15) is 11.8 Å². The Hall–Kier alpha value is -3.60. The lowest BCUT2D eigenvalue weighted by Crippen LogP contribution is -2.51. The summed E-state index contributed by atoms with van der Waals surface area (Å²) in [6.45, 7) is 6.90. The van der Waals surface area contributed by atoms with Crippen molar-refractivity contribution in [2.24, 2.45) is 0 Å². The van der Waals surface area contributed by atoms with Gasteiger partial charge < -0.3 is 15.0 Å². The molecule has 0 unspecified atom stereocenters. The number of nitrogens with one attached hydrogen (secondary N) is 1. The summed E-state index contributed by atoms with van der Waals surface area (Å²) in [6, 6.07) is 24.9. The standard InChI is InChI=1S/C30H36N2O3/c1-4-19-31-30(34)28(20-25-12-7-6-8-13-25)32(21-26-14-10-9-11-23(26)3)29(33)22-35-27-17-15-24(5-2)16-18-27/h6-18,28H,4-5,19-22H2,1-3H3,(H,31,34)/t28-/m0/s1. The monoisotopic (exact) mass is 472 g/mol. The zero-order valence-corrected chi connectivity index (χ0v) is 21.0. The largest absolute Gasteiger partial charge is 0.484 e. The summed E-state index contributed by atoms with van der Waals surface area (Å²) in [5, 5.41) is 3.00. The molecule has 184 valence electrons. The van der Waals surface area contributed by atoms with Crippen LogP contribution in [0.15, 0.2) is 78.9 Å². The highest BCUT2D eigenvalue weighted by Gasteiger charge is 2.30. The molecule has 0 aliphatic heterocycles. The Morgan fingerprint density at radius 3 is 2.23 bits per heavy atom. The lowest BCUT2D eigenvalue weighted by Gasteiger charge is -2.32. The molecule has 0 aliphatic rings. The van der Waals surface area contributed by atoms with E-state index < -0.39 is 6.04 Å². The molecular formula is C30H36N2O3. The average molecular weight is 473 g/mol. The van der Waals surface area contributed by atoms with Crippen LogP contribution in [-0.2, 0) is 29.0 Å². The summed E-state index contributed by atoms with van der Waals surface area (Å²) in [6.07, 6.45) is 2.20. The van der Waals surface area contributed by atoms with Crippen LogP contribution in [0.5, 0.6) is 5.75 Å². The summed E-state index contributed by atoms with van der Waals surface area (Å²) in [4.78, 5) is 28.6. The minimum absolute atomic E-state index is 0.135. The number of hydrogen-bond donors (Lipinski definition) is 1. The van der Waals surface area contributed by atoms with E-state index >= 15 is 0 Å². The van der Waals surface area contributed by atoms with Gasteiger partial charge in [-0.1, -0.05) is 80.6 Å². The van der Waals surface area contributed by atoms with Crippen LogP contribution in [0.2, 0.25) is 0 Å². The van der Waals surface area contributed by atoms with Crippen molar-refractivity contribution in [1.82, 2.24) is 10.2 Å². The normalized spacial score (nSPS) is 11.5. The van der Waals surface area contributed by atoms with Crippen LogP contribution >= 0.6 is 0 Å². The van der Waals surface area contributed by atoms with Crippen molar-refractivity contribution in [2.75, 3.05) is 13.2 Å². The molecular weight excluding hydrogens is 436 g/mol. The fourth-order valence-electron chi connectivity index (χ4n) is 3.94. The van der Waals surface area contributed by atoms with E-state index in [0.29, 0.717) is 25.3 Å². The average Bonchev–Trinajstić information content (AvgIpc) is 2.89. The zero-order valence-electron chi connectivity index (χ0n) is 21.0. The van der Waals surface area contributed by atoms with Gasteiger partial charge in [0.05, 0.1) is 0 Å². The van der Waals surface area contributed by atoms with Crippen molar-refractivity contribution in [1.29, 1.82) is 0 Å². The molecule has 35 heavy (non-hydrogen) atoms. The van der Waals surface area contributed by atoms with Crippen molar-refractivity contribution in [3.05, 3.63) is 101 Å². The predicted molar refractivity (Wildman–Crippen MR) is 140 cm³/mol. The number of aryl methyl sites for hydroxylation is 2. The van der Waals surface area contributed by atoms with Crippen molar-refractivity contribution in [3.8, 4) is 5.75 Å². The molecule has 5 nitrogen and oxygen atoms in total. The van der Waals surface area contributed by atoms with Gasteiger partial charge in [0.25, 0.3) is 5.91 Å². The maximum atomic E-state index is 13.6. The van der Waals surface area contributed by atoms with Gasteiger partial charge in [-0.3, -0.25) is 9.59 Å². The van der Waals surface area contributed by atoms with Crippen LogP contribution in [0.1, 0.15) is 42.5 Å². The number of amides is 2. The van der Waals surface area contributed by atoms with E-state index in [1.807, 2.05) is 92.7 Å². The van der Waals surface area contributed by atoms with Gasteiger partial charge in [-0.15, -0.1) is 0 Å². The van der Waals surface area contributed by atoms with Crippen molar-refractivity contribution in [3.63, 3.8) is 0 Å². The summed E-state index contributed by atoms with van der Waals surface area (Å²) in [7, 11) is 0. The quantitative estimate of drug-likeness (QED) is 0.399. The van der Waals surface area contributed by atoms with E-state index in [1.165, 1.54) is 5.56 Å². The number of carbonyl (C=O) groups is 2. The Balaban J connectivity index is 1.88. The van der Waals surface area contributed by atoms with Crippen LogP contribution in [0.4, 0.5) is 0 Å². The molecule has 3 aromatic rings. The molecule has 1 atom stereocenters. The van der Waals surface area contributed by atoms with E-state index in [9.17, 15) is 9.59 Å². The predicted octanol–water partition coefficient (Wildman–Crippen LogP) is 5.10. The number of rotatable bonds is 12. The summed E-state index contributed by atoms with van der Waals surface area (Å²) < 4.78 is 5.85. The van der Waals surface area contributed by atoms with E-state index in [0.717, 1.165) is 29.5 Å². The molecule has 0 saturated heterocycles. The topological polar surface area (TPSA) is 58.6 Å². The highest BCUT2D eigenvalue weighted by molar-refractivity contribution is 5.88. The first-order valence-corrected chi connectivity index (χ1v) is 12.4. The summed E-state index contributed by atoms with van der Waals surface area (Å²) in [5.41, 5.74) is 4.30. The molecule has 3 aromatic carbocycles. The number of benzene rings is 3. The van der Waals surface area contributed by atoms with E-state index in [2.05, 4.69) is 12.2 Å². The minimum atomic E-state index is -0.651. The Bertz CT molecular complexity index is 1080. The van der Waals surface area contributed by atoms with Crippen LogP contribution in [-0.4, -0.2) is 35.9 Å². The molecule has 0 saturated carbocycles. The first-order valence-electron chi connectivity index (χ1n) is 12.4. The van der Waals surface area contributed by atoms with Gasteiger partial charge >= 0.3 is 0 Å². The molecule has 0 spiro atoms. The highest BCUT2D eigenvalue weighted by atomic mass is 16.5. The number of carbonyl (C=O) groups excluding carboxylic acids is 2. The molecule has 0 heterocycles. The van der Waals surface area contributed by atoms with Gasteiger partial charge in [-0.05, 0) is 54.2 Å². The summed E-state index contributed by atoms with van der Waals surface area (Å²) in [5.74, 6) is 0.270. The van der Waals surface area contributed by atoms with Gasteiger partial charge in [-0.2, -0.15) is 0 Å². The third kappa shape index (κ3) is 7.71. The maximum absolute atomic E-state index is 13.6. The molecule has 0 fully saturated rings. The second-order valence-corrected chi connectivity index (χ2v) is 8.73. The Morgan fingerprint density at radius 1 is 0.886 bits per heavy atom. The van der Waals surface area contributed by atoms with E-state index in [4.69, 9.17) is 4.74 Å². The van der Waals surface area contributed by atoms with Crippen LogP contribution < -0.4 is 10.1 Å². The maximum Gasteiger partial charge on any atom is 0.261 e. The molecule has 0 bridgehead atoms. The fourth-order valence-corrected chi connectivity index (χ4v) is 3.94. The van der Waals surface area contributed by atoms with Crippen LogP contribution in [0.3, 0.4) is 0 Å². The zero-order chi connectivity index (χ0) is 25.0. The van der Waals surface area contributed by atoms with Crippen molar-refractivity contribution in [2.45, 2.75) is 52.6 Å². The smallest absolute Gasteiger partial charge is 0.261 e. The summed E-state index contributed by atoms with van der Waals surface area (Å²) >= 11 is 0. The molecule has 2 amide bonds. The lowest BCUT2D eigenvalue weighted by atomic mass is 10.0. The number of ether oxygens (including phenoxy) is 1. The molecule has 0 aliphatic carbocycles. The SMILES string of the molecule is CCCNC(=O)[C@H](Cc1ccccc1)N(Cc1ccccc1C)C(=O)COc1ccc(CC)cc1. The third-order valence-corrected chi connectivity index (χ3v) is 6.12. The second kappa shape index (κ2) is 13.3. The Morgan fingerprint density at radius 2 is 1.57 bits per heavy atom. The molecule has 0 radical (unpaired) electrons. The van der Waals surface area contributed by atoms with Crippen molar-refractivity contribution >= 4 is 11.8 Å². The van der Waals surface area contributed by atoms with Gasteiger partial charge in [0.2, 0.25) is 5.91 Å². The highest BCUT2D eigenvalue weighted by Crippen LogP contribution is 2.18. The van der Waals surface area contributed by atoms with Crippen molar-refractivity contribution < 1.29 is 14.3 Å². The fraction of sp³-hybridized carbons (Fsp3) is 0.333. The van der Waals surface area contributed by atoms with E-state index in [1.54, 1.807) is 4.90 Å². The number of nitrogens with zero attached hydrogens (tertiary/aromatic N) is 1. The second-order valence-electron chi connectivity index (χ2n) is 8.73.